The maximum Gasteiger partial charge on any atom is 0.242 e. The zero-order chi connectivity index (χ0) is 22.9. The minimum atomic E-state index is 0.0325. The second-order valence-electron chi connectivity index (χ2n) is 9.32. The lowest BCUT2D eigenvalue weighted by Gasteiger charge is -2.33. The molecule has 5 heteroatoms. The summed E-state index contributed by atoms with van der Waals surface area (Å²) in [4.78, 5) is 30.2. The Morgan fingerprint density at radius 1 is 1.03 bits per heavy atom. The third-order valence-corrected chi connectivity index (χ3v) is 6.48. The Hall–Kier alpha value is -2.56. The molecule has 0 N–H and O–H groups in total. The molecule has 0 atom stereocenters. The Bertz CT molecular complexity index is 853. The SMILES string of the molecule is CCCN(CC(=O)N(Cc1cccn1Cc1ccccc1)C(C)C)C(=O)C1CCCCC1. The van der Waals surface area contributed by atoms with Crippen molar-refractivity contribution < 1.29 is 9.59 Å². The summed E-state index contributed by atoms with van der Waals surface area (Å²) >= 11 is 0. The summed E-state index contributed by atoms with van der Waals surface area (Å²) in [6.45, 7) is 8.34. The lowest BCUT2D eigenvalue weighted by Crippen LogP contribution is -2.47. The van der Waals surface area contributed by atoms with Crippen LogP contribution in [0.1, 0.15) is 70.6 Å². The van der Waals surface area contributed by atoms with Gasteiger partial charge in [-0.25, -0.2) is 0 Å². The van der Waals surface area contributed by atoms with Crippen molar-refractivity contribution in [3.05, 3.63) is 59.9 Å². The predicted octanol–water partition coefficient (Wildman–Crippen LogP) is 5.09. The third-order valence-electron chi connectivity index (χ3n) is 6.48. The van der Waals surface area contributed by atoms with E-state index in [9.17, 15) is 9.59 Å². The maximum absolute atomic E-state index is 13.4. The van der Waals surface area contributed by atoms with Gasteiger partial charge in [0.2, 0.25) is 11.8 Å². The second-order valence-corrected chi connectivity index (χ2v) is 9.32. The van der Waals surface area contributed by atoms with Crippen LogP contribution >= 0.6 is 0 Å². The maximum atomic E-state index is 13.4. The van der Waals surface area contributed by atoms with Crippen molar-refractivity contribution in [1.82, 2.24) is 14.4 Å². The van der Waals surface area contributed by atoms with Crippen molar-refractivity contribution in [2.45, 2.75) is 78.4 Å². The number of amides is 2. The number of nitrogens with zero attached hydrogens (tertiary/aromatic N) is 3. The van der Waals surface area contributed by atoms with E-state index in [1.54, 1.807) is 0 Å². The van der Waals surface area contributed by atoms with Crippen LogP contribution in [-0.2, 0) is 22.7 Å². The van der Waals surface area contributed by atoms with Crippen molar-refractivity contribution in [3.8, 4) is 0 Å². The fourth-order valence-electron chi connectivity index (χ4n) is 4.66. The molecule has 1 aliphatic rings. The van der Waals surface area contributed by atoms with Crippen molar-refractivity contribution in [2.75, 3.05) is 13.1 Å². The van der Waals surface area contributed by atoms with Crippen LogP contribution in [0.25, 0.3) is 0 Å². The van der Waals surface area contributed by atoms with Crippen LogP contribution in [0, 0.1) is 5.92 Å². The van der Waals surface area contributed by atoms with Crippen LogP contribution in [0.15, 0.2) is 48.7 Å². The average molecular weight is 438 g/mol. The zero-order valence-corrected chi connectivity index (χ0v) is 20.0. The molecule has 1 aromatic carbocycles. The van der Waals surface area contributed by atoms with E-state index < -0.39 is 0 Å². The second kappa shape index (κ2) is 11.9. The van der Waals surface area contributed by atoms with Gasteiger partial charge >= 0.3 is 0 Å². The smallest absolute Gasteiger partial charge is 0.242 e. The van der Waals surface area contributed by atoms with Gasteiger partial charge in [-0.1, -0.05) is 56.5 Å². The highest BCUT2D eigenvalue weighted by atomic mass is 16.2. The van der Waals surface area contributed by atoms with Crippen molar-refractivity contribution in [3.63, 3.8) is 0 Å². The number of hydrogen-bond donors (Lipinski definition) is 0. The van der Waals surface area contributed by atoms with E-state index in [2.05, 4.69) is 49.7 Å². The average Bonchev–Trinajstić information content (AvgIpc) is 3.24. The van der Waals surface area contributed by atoms with Gasteiger partial charge in [-0.05, 0) is 50.8 Å². The van der Waals surface area contributed by atoms with Gasteiger partial charge in [0, 0.05) is 36.9 Å². The van der Waals surface area contributed by atoms with Crippen LogP contribution in [0.5, 0.6) is 0 Å². The predicted molar refractivity (Wildman–Crippen MR) is 129 cm³/mol. The summed E-state index contributed by atoms with van der Waals surface area (Å²) in [5.41, 5.74) is 2.34. The number of hydrogen-bond acceptors (Lipinski definition) is 2. The standard InChI is InChI=1S/C27H39N3O2/c1-4-17-29(27(32)24-14-9-6-10-15-24)21-26(31)30(22(2)3)20-25-16-11-18-28(25)19-23-12-7-5-8-13-23/h5,7-8,11-13,16,18,22,24H,4,6,9-10,14-15,17,19-21H2,1-3H3. The zero-order valence-electron chi connectivity index (χ0n) is 20.0. The first-order valence-corrected chi connectivity index (χ1v) is 12.3. The molecule has 0 aliphatic heterocycles. The largest absolute Gasteiger partial charge is 0.345 e. The highest BCUT2D eigenvalue weighted by Gasteiger charge is 2.29. The molecule has 174 valence electrons. The number of rotatable bonds is 10. The molecule has 0 spiro atoms. The lowest BCUT2D eigenvalue weighted by atomic mass is 9.88. The number of carbonyl (C=O) groups excluding carboxylic acids is 2. The summed E-state index contributed by atoms with van der Waals surface area (Å²) in [6, 6.07) is 14.6. The molecule has 0 unspecified atom stereocenters. The van der Waals surface area contributed by atoms with Gasteiger partial charge in [0.25, 0.3) is 0 Å². The summed E-state index contributed by atoms with van der Waals surface area (Å²) in [7, 11) is 0. The van der Waals surface area contributed by atoms with Crippen LogP contribution in [0.4, 0.5) is 0 Å². The van der Waals surface area contributed by atoms with Crippen LogP contribution in [-0.4, -0.2) is 45.3 Å². The molecular formula is C27H39N3O2. The van der Waals surface area contributed by atoms with Crippen molar-refractivity contribution in [2.24, 2.45) is 5.92 Å². The fourth-order valence-corrected chi connectivity index (χ4v) is 4.66. The summed E-state index contributed by atoms with van der Waals surface area (Å²) in [5.74, 6) is 0.305. The van der Waals surface area contributed by atoms with Crippen molar-refractivity contribution in [1.29, 1.82) is 0 Å². The summed E-state index contributed by atoms with van der Waals surface area (Å²) < 4.78 is 2.20. The van der Waals surface area contributed by atoms with Gasteiger partial charge < -0.3 is 14.4 Å². The Labute approximate surface area is 193 Å². The molecular weight excluding hydrogens is 398 g/mol. The summed E-state index contributed by atoms with van der Waals surface area (Å²) in [6.07, 6.45) is 8.35. The lowest BCUT2D eigenvalue weighted by molar-refractivity contribution is -0.144. The molecule has 0 radical (unpaired) electrons. The third kappa shape index (κ3) is 6.47. The Morgan fingerprint density at radius 3 is 2.41 bits per heavy atom. The van der Waals surface area contributed by atoms with E-state index in [-0.39, 0.29) is 30.3 Å². The fraction of sp³-hybridized carbons (Fsp3) is 0.556. The first-order chi connectivity index (χ1) is 15.5. The molecule has 1 aromatic heterocycles. The van der Waals surface area contributed by atoms with E-state index in [1.807, 2.05) is 34.1 Å². The van der Waals surface area contributed by atoms with E-state index in [4.69, 9.17) is 0 Å². The molecule has 0 saturated heterocycles. The van der Waals surface area contributed by atoms with Crippen LogP contribution in [0.3, 0.4) is 0 Å². The van der Waals surface area contributed by atoms with Gasteiger partial charge in [0.05, 0.1) is 13.1 Å². The van der Waals surface area contributed by atoms with Gasteiger partial charge in [0.1, 0.15) is 0 Å². The Balaban J connectivity index is 1.69. The highest BCUT2D eigenvalue weighted by Crippen LogP contribution is 2.25. The Morgan fingerprint density at radius 2 is 1.75 bits per heavy atom. The number of carbonyl (C=O) groups is 2. The van der Waals surface area contributed by atoms with Crippen LogP contribution < -0.4 is 0 Å². The molecule has 2 aromatic rings. The van der Waals surface area contributed by atoms with E-state index in [0.717, 1.165) is 44.3 Å². The molecule has 32 heavy (non-hydrogen) atoms. The summed E-state index contributed by atoms with van der Waals surface area (Å²) in [5, 5.41) is 0. The first-order valence-electron chi connectivity index (χ1n) is 12.3. The molecule has 5 nitrogen and oxygen atoms in total. The monoisotopic (exact) mass is 437 g/mol. The molecule has 3 rings (SSSR count). The molecule has 1 fully saturated rings. The topological polar surface area (TPSA) is 45.6 Å². The molecule has 0 bridgehead atoms. The van der Waals surface area contributed by atoms with Gasteiger partial charge in [-0.15, -0.1) is 0 Å². The van der Waals surface area contributed by atoms with Crippen molar-refractivity contribution >= 4 is 11.8 Å². The molecule has 1 aliphatic carbocycles. The van der Waals surface area contributed by atoms with Gasteiger partial charge in [0.15, 0.2) is 0 Å². The van der Waals surface area contributed by atoms with E-state index >= 15 is 0 Å². The normalized spacial score (nSPS) is 14.5. The molecule has 2 amide bonds. The van der Waals surface area contributed by atoms with Gasteiger partial charge in [-0.3, -0.25) is 9.59 Å². The number of benzene rings is 1. The van der Waals surface area contributed by atoms with E-state index in [1.165, 1.54) is 12.0 Å². The van der Waals surface area contributed by atoms with E-state index in [0.29, 0.717) is 13.1 Å². The minimum absolute atomic E-state index is 0.0325. The first kappa shape index (κ1) is 24.1. The number of aromatic nitrogens is 1. The van der Waals surface area contributed by atoms with Crippen LogP contribution in [0.2, 0.25) is 0 Å². The molecule has 1 saturated carbocycles. The molecule has 1 heterocycles. The Kier molecular flexibility index (Phi) is 8.95. The van der Waals surface area contributed by atoms with Gasteiger partial charge in [-0.2, -0.15) is 0 Å². The minimum Gasteiger partial charge on any atom is -0.345 e. The quantitative estimate of drug-likeness (QED) is 0.520. The highest BCUT2D eigenvalue weighted by molar-refractivity contribution is 5.86.